The van der Waals surface area contributed by atoms with Gasteiger partial charge in [0, 0.05) is 83.4 Å². The SMILES string of the molecule is CS(=O)(=O)NC(=O)c1[nH]c2cc(Br)ccc2c1CCCOc1cccc2ccccc12.CS(=O)(=O)NC(=O)c1[nH]c2ccc(Cl)cc2c1CCCOc1cccc2ccccc12.Cc1cc(OCCCc2c(C(=O)NS(C)(=O)=O)[nH]c3ccc(Cl)cc23)cc(C)c1Cl.Cc1cc(OCCCc2c(C(=O)NS(C)(=O)=O)[nH]c3cccc(Br)c23)cc(C)c1Cl. The third kappa shape index (κ3) is 24.9. The van der Waals surface area contributed by atoms with Gasteiger partial charge in [-0.05, 0) is 231 Å². The molecule has 0 radical (unpaired) electrons. The predicted molar refractivity (Wildman–Crippen MR) is 493 cm³/mol. The first kappa shape index (κ1) is 92.6. The summed E-state index contributed by atoms with van der Waals surface area (Å²) < 4.78 is 126. The summed E-state index contributed by atoms with van der Waals surface area (Å²) in [4.78, 5) is 62.3. The molecule has 24 nitrogen and oxygen atoms in total. The number of aryl methyl sites for hydroxylation is 8. The Labute approximate surface area is 743 Å². The number of hydrogen-bond donors (Lipinski definition) is 8. The molecule has 4 aromatic heterocycles. The fourth-order valence-electron chi connectivity index (χ4n) is 14.0. The van der Waals surface area contributed by atoms with Gasteiger partial charge in [0.1, 0.15) is 45.8 Å². The van der Waals surface area contributed by atoms with Crippen LogP contribution in [0.5, 0.6) is 23.0 Å². The van der Waals surface area contributed by atoms with E-state index in [2.05, 4.69) is 51.8 Å². The molecule has 14 rings (SSSR count). The van der Waals surface area contributed by atoms with Crippen LogP contribution in [0.2, 0.25) is 20.1 Å². The van der Waals surface area contributed by atoms with Crippen molar-refractivity contribution in [2.45, 2.75) is 79.1 Å². The van der Waals surface area contributed by atoms with Crippen molar-refractivity contribution in [3.05, 3.63) is 278 Å². The zero-order valence-electron chi connectivity index (χ0n) is 67.2. The molecule has 0 fully saturated rings. The highest BCUT2D eigenvalue weighted by molar-refractivity contribution is 9.11. The molecule has 0 aliphatic heterocycles. The molecule has 0 aliphatic rings. The minimum absolute atomic E-state index is 0.205. The van der Waals surface area contributed by atoms with Crippen molar-refractivity contribution in [2.24, 2.45) is 0 Å². The van der Waals surface area contributed by atoms with Crippen LogP contribution in [0.3, 0.4) is 0 Å². The Bertz CT molecular complexity index is 6720. The van der Waals surface area contributed by atoms with Crippen LogP contribution in [-0.4, -0.2) is 129 Å². The number of carbonyl (C=O) groups excluding carboxylic acids is 4. The maximum Gasteiger partial charge on any atom is 0.281 e. The van der Waals surface area contributed by atoms with E-state index in [4.69, 9.17) is 65.4 Å². The van der Waals surface area contributed by atoms with E-state index in [1.807, 2.05) is 192 Å². The first-order valence-corrected chi connectivity index (χ1v) is 48.7. The summed E-state index contributed by atoms with van der Waals surface area (Å²) in [6, 6.07) is 57.1. The van der Waals surface area contributed by atoms with E-state index < -0.39 is 63.7 Å². The zero-order valence-corrected chi connectivity index (χ0v) is 76.7. The average Bonchev–Trinajstić information content (AvgIpc) is 1.65. The molecule has 8 N–H and O–H groups in total. The van der Waals surface area contributed by atoms with E-state index in [0.29, 0.717) is 110 Å². The number of ether oxygens (including phenoxy) is 4. The van der Waals surface area contributed by atoms with Gasteiger partial charge in [-0.1, -0.05) is 163 Å². The van der Waals surface area contributed by atoms with Gasteiger partial charge in [-0.15, -0.1) is 0 Å². The monoisotopic (exact) mass is 1940 g/mol. The van der Waals surface area contributed by atoms with E-state index >= 15 is 0 Å². The molecule has 4 heterocycles. The number of aromatic nitrogens is 4. The summed E-state index contributed by atoms with van der Waals surface area (Å²) in [6.45, 7) is 9.45. The van der Waals surface area contributed by atoms with Crippen molar-refractivity contribution in [2.75, 3.05) is 51.5 Å². The van der Waals surface area contributed by atoms with Gasteiger partial charge in [0.05, 0.1) is 51.5 Å². The molecule has 0 spiro atoms. The molecule has 34 heteroatoms. The summed E-state index contributed by atoms with van der Waals surface area (Å²) in [6.07, 6.45) is 8.42. The summed E-state index contributed by atoms with van der Waals surface area (Å²) in [5, 5.41) is 10.1. The van der Waals surface area contributed by atoms with E-state index in [9.17, 15) is 52.8 Å². The summed E-state index contributed by atoms with van der Waals surface area (Å²) >= 11 is 31.6. The molecule has 0 unspecified atom stereocenters. The van der Waals surface area contributed by atoms with Crippen LogP contribution >= 0.6 is 78.3 Å². The maximum absolute atomic E-state index is 12.6. The van der Waals surface area contributed by atoms with Gasteiger partial charge in [0.25, 0.3) is 23.6 Å². The van der Waals surface area contributed by atoms with Crippen LogP contribution in [-0.2, 0) is 65.8 Å². The lowest BCUT2D eigenvalue weighted by atomic mass is 10.1. The normalized spacial score (nSPS) is 11.7. The Hall–Kier alpha value is -10.1. The Morgan fingerprint density at radius 2 is 0.680 bits per heavy atom. The summed E-state index contributed by atoms with van der Waals surface area (Å²) in [5.74, 6) is 0.340. The molecular formula is C88H86Br2Cl4N8O16S4. The quantitative estimate of drug-likeness (QED) is 0.0211. The van der Waals surface area contributed by atoms with Gasteiger partial charge in [0.2, 0.25) is 40.1 Å². The van der Waals surface area contributed by atoms with E-state index in [-0.39, 0.29) is 22.8 Å². The van der Waals surface area contributed by atoms with Crippen LogP contribution in [0.4, 0.5) is 0 Å². The Morgan fingerprint density at radius 1 is 0.344 bits per heavy atom. The summed E-state index contributed by atoms with van der Waals surface area (Å²) in [7, 11) is -14.7. The topological polar surface area (TPSA) is 353 Å². The Kier molecular flexibility index (Phi) is 30.7. The number of H-pyrrole nitrogens is 4. The van der Waals surface area contributed by atoms with Crippen LogP contribution in [0, 0.1) is 27.7 Å². The highest BCUT2D eigenvalue weighted by Crippen LogP contribution is 2.36. The molecule has 0 bridgehead atoms. The Morgan fingerprint density at radius 3 is 1.08 bits per heavy atom. The first-order chi connectivity index (χ1) is 57.7. The van der Waals surface area contributed by atoms with Gasteiger partial charge in [-0.25, -0.2) is 52.6 Å². The molecule has 0 saturated carbocycles. The molecule has 122 heavy (non-hydrogen) atoms. The molecule has 0 saturated heterocycles. The van der Waals surface area contributed by atoms with Crippen molar-refractivity contribution in [1.29, 1.82) is 0 Å². The second-order valence-electron chi connectivity index (χ2n) is 29.0. The highest BCUT2D eigenvalue weighted by atomic mass is 79.9. The third-order valence-electron chi connectivity index (χ3n) is 19.2. The van der Waals surface area contributed by atoms with Crippen LogP contribution in [0.25, 0.3) is 65.2 Å². The van der Waals surface area contributed by atoms with Crippen molar-refractivity contribution in [3.63, 3.8) is 0 Å². The number of sulfonamides is 4. The highest BCUT2D eigenvalue weighted by Gasteiger charge is 2.26. The number of halogens is 6. The standard InChI is InChI=1S/C23H21BrN2O4S.C23H21ClN2O4S.C21H22BrClN2O4S.C21H22Cl2N2O4S/c1-31(28,29)26-23(27)22-19(18-12-11-16(24)14-20(18)25-22)9-5-13-30-21-10-4-7-15-6-2-3-8-17(15)21;1-31(28,29)26-23(27)22-18(19-14-16(24)11-12-20(19)25-22)9-5-13-30-21-10-4-7-15-6-2-3-8-17(15)21;1-12-10-14(11-13(2)19(12)23)29-9-5-6-15-18-16(22)7-4-8-17(18)24-20(15)21(26)25-30(3,27)28;1-12-9-15(10-13(2)19(12)23)29-8-4-5-16-17-11-14(22)6-7-18(17)24-20(16)21(26)25-30(3,27)28/h2*2-4,6-8,10-12,14,25H,5,9,13H2,1H3,(H,26,27);4,7-8,10-11,24H,5-6,9H2,1-3H3,(H,25,26);6-7,9-11,24H,4-5,8H2,1-3H3,(H,25,26). The van der Waals surface area contributed by atoms with E-state index in [1.165, 1.54) is 0 Å². The molecular weight excluding hydrogens is 1850 g/mol. The number of aromatic amines is 4. The lowest BCUT2D eigenvalue weighted by molar-refractivity contribution is 0.0967. The second-order valence-corrected chi connectivity index (χ2v) is 39.4. The van der Waals surface area contributed by atoms with Crippen molar-refractivity contribution in [3.8, 4) is 23.0 Å². The van der Waals surface area contributed by atoms with Crippen LogP contribution in [0.1, 0.15) is 112 Å². The average molecular weight is 1940 g/mol. The van der Waals surface area contributed by atoms with Crippen LogP contribution in [0.15, 0.2) is 191 Å². The number of rotatable bonds is 28. The number of nitrogens with one attached hydrogen (secondary N) is 8. The van der Waals surface area contributed by atoms with Gasteiger partial charge < -0.3 is 38.9 Å². The molecule has 14 aromatic rings. The third-order valence-corrected chi connectivity index (χ3v) is 24.2. The van der Waals surface area contributed by atoms with E-state index in [0.717, 1.165) is 155 Å². The van der Waals surface area contributed by atoms with Gasteiger partial charge in [-0.2, -0.15) is 0 Å². The number of hydrogen-bond acceptors (Lipinski definition) is 16. The minimum atomic E-state index is -3.69. The molecule has 4 amide bonds. The molecule has 10 aromatic carbocycles. The lowest BCUT2D eigenvalue weighted by Crippen LogP contribution is -2.30. The second kappa shape index (κ2) is 40.5. The van der Waals surface area contributed by atoms with Crippen molar-refractivity contribution >= 4 is 207 Å². The smallest absolute Gasteiger partial charge is 0.281 e. The predicted octanol–water partition coefficient (Wildman–Crippen LogP) is 19.2. The van der Waals surface area contributed by atoms with Crippen molar-refractivity contribution in [1.82, 2.24) is 38.8 Å². The van der Waals surface area contributed by atoms with Gasteiger partial charge in [0.15, 0.2) is 0 Å². The molecule has 640 valence electrons. The van der Waals surface area contributed by atoms with E-state index in [1.54, 1.807) is 36.4 Å². The molecule has 0 aliphatic carbocycles. The number of fused-ring (bicyclic) bond motifs is 6. The van der Waals surface area contributed by atoms with Gasteiger partial charge in [-0.3, -0.25) is 19.2 Å². The number of amides is 4. The fraction of sp³-hybridized carbons (Fsp3) is 0.227. The lowest BCUT2D eigenvalue weighted by Gasteiger charge is -2.10. The van der Waals surface area contributed by atoms with Crippen LogP contribution < -0.4 is 37.8 Å². The fourth-order valence-corrected chi connectivity index (χ4v) is 17.3. The van der Waals surface area contributed by atoms with Crippen molar-refractivity contribution < 1.29 is 71.8 Å². The molecule has 0 atom stereocenters. The minimum Gasteiger partial charge on any atom is -0.494 e. The number of carbonyl (C=O) groups is 4. The largest absolute Gasteiger partial charge is 0.494 e. The Balaban J connectivity index is 0.000000159. The van der Waals surface area contributed by atoms with Gasteiger partial charge >= 0.3 is 0 Å². The zero-order chi connectivity index (χ0) is 88.1. The first-order valence-electron chi connectivity index (χ1n) is 38.0. The maximum atomic E-state index is 12.6. The summed E-state index contributed by atoms with van der Waals surface area (Å²) in [5.41, 5.74) is 10.5. The number of benzene rings is 10.